The molecule has 3 atom stereocenters. The van der Waals surface area contributed by atoms with Crippen molar-refractivity contribution in [3.63, 3.8) is 0 Å². The molecule has 7 nitrogen and oxygen atoms in total. The van der Waals surface area contributed by atoms with Crippen LogP contribution in [-0.2, 0) is 14.3 Å². The Hall–Kier alpha value is -2.67. The van der Waals surface area contributed by atoms with Crippen molar-refractivity contribution in [3.8, 4) is 0 Å². The summed E-state index contributed by atoms with van der Waals surface area (Å²) in [6.07, 6.45) is -1.33. The number of carboxylic acids is 1. The standard InChI is InChI=1S/C16H18O7/c1-4-13(17)22-10(3)9(2)15(20)23-16(21)12-8-6-5-7-11(12)14(18)19/h4-10,15,20H,1H2,2-3H3,(H,18,19). The lowest BCUT2D eigenvalue weighted by Crippen LogP contribution is -2.34. The number of hydrogen-bond acceptors (Lipinski definition) is 6. The van der Waals surface area contributed by atoms with E-state index in [1.807, 2.05) is 0 Å². The normalized spacial score (nSPS) is 14.2. The number of carbonyl (C=O) groups excluding carboxylic acids is 2. The molecule has 7 heteroatoms. The van der Waals surface area contributed by atoms with Gasteiger partial charge < -0.3 is 19.7 Å². The van der Waals surface area contributed by atoms with Gasteiger partial charge in [0.05, 0.1) is 17.0 Å². The van der Waals surface area contributed by atoms with Crippen LogP contribution in [0.5, 0.6) is 0 Å². The van der Waals surface area contributed by atoms with Gasteiger partial charge in [-0.2, -0.15) is 0 Å². The van der Waals surface area contributed by atoms with Crippen LogP contribution < -0.4 is 0 Å². The predicted octanol–water partition coefficient (Wildman–Crippen LogP) is 1.61. The van der Waals surface area contributed by atoms with E-state index in [0.717, 1.165) is 6.08 Å². The summed E-state index contributed by atoms with van der Waals surface area (Å²) in [6.45, 7) is 6.29. The summed E-state index contributed by atoms with van der Waals surface area (Å²) in [6, 6.07) is 5.48. The minimum absolute atomic E-state index is 0.179. The van der Waals surface area contributed by atoms with Crippen molar-refractivity contribution >= 4 is 17.9 Å². The number of rotatable bonds is 7. The molecule has 0 bridgehead atoms. The molecule has 0 radical (unpaired) electrons. The number of benzene rings is 1. The zero-order valence-corrected chi connectivity index (χ0v) is 12.8. The number of carbonyl (C=O) groups is 3. The fraction of sp³-hybridized carbons (Fsp3) is 0.312. The second-order valence-corrected chi connectivity index (χ2v) is 4.85. The van der Waals surface area contributed by atoms with Gasteiger partial charge in [0.15, 0.2) is 0 Å². The summed E-state index contributed by atoms with van der Waals surface area (Å²) in [5.41, 5.74) is -0.412. The van der Waals surface area contributed by atoms with Gasteiger partial charge in [-0.15, -0.1) is 0 Å². The van der Waals surface area contributed by atoms with Crippen molar-refractivity contribution in [3.05, 3.63) is 48.0 Å². The molecule has 23 heavy (non-hydrogen) atoms. The largest absolute Gasteiger partial charge is 0.478 e. The summed E-state index contributed by atoms with van der Waals surface area (Å²) in [4.78, 5) is 34.2. The van der Waals surface area contributed by atoms with E-state index in [2.05, 4.69) is 6.58 Å². The highest BCUT2D eigenvalue weighted by atomic mass is 16.6. The van der Waals surface area contributed by atoms with Gasteiger partial charge in [-0.05, 0) is 19.1 Å². The van der Waals surface area contributed by atoms with E-state index in [-0.39, 0.29) is 11.1 Å². The predicted molar refractivity (Wildman–Crippen MR) is 79.7 cm³/mol. The van der Waals surface area contributed by atoms with Crippen molar-refractivity contribution < 1.29 is 34.1 Å². The van der Waals surface area contributed by atoms with Crippen LogP contribution in [0.15, 0.2) is 36.9 Å². The Morgan fingerprint density at radius 3 is 2.22 bits per heavy atom. The van der Waals surface area contributed by atoms with Crippen molar-refractivity contribution in [2.24, 2.45) is 5.92 Å². The van der Waals surface area contributed by atoms with Gasteiger partial charge in [-0.3, -0.25) is 0 Å². The van der Waals surface area contributed by atoms with E-state index < -0.39 is 36.2 Å². The van der Waals surface area contributed by atoms with Gasteiger partial charge in [0.2, 0.25) is 6.29 Å². The third-order valence-corrected chi connectivity index (χ3v) is 3.26. The van der Waals surface area contributed by atoms with Crippen LogP contribution in [-0.4, -0.2) is 40.5 Å². The second kappa shape index (κ2) is 8.09. The van der Waals surface area contributed by atoms with Gasteiger partial charge in [-0.1, -0.05) is 25.6 Å². The Morgan fingerprint density at radius 1 is 1.13 bits per heavy atom. The molecule has 0 spiro atoms. The van der Waals surface area contributed by atoms with Crippen LogP contribution in [0.4, 0.5) is 0 Å². The molecule has 0 saturated carbocycles. The molecule has 0 fully saturated rings. The van der Waals surface area contributed by atoms with Crippen molar-refractivity contribution in [1.29, 1.82) is 0 Å². The summed E-state index contributed by atoms with van der Waals surface area (Å²) < 4.78 is 9.79. The molecule has 3 unspecified atom stereocenters. The average molecular weight is 322 g/mol. The molecule has 0 saturated heterocycles. The highest BCUT2D eigenvalue weighted by Crippen LogP contribution is 2.17. The molecular formula is C16H18O7. The first kappa shape index (κ1) is 18.4. The Labute approximate surface area is 133 Å². The molecule has 0 heterocycles. The van der Waals surface area contributed by atoms with Crippen molar-refractivity contribution in [2.45, 2.75) is 26.2 Å². The topological polar surface area (TPSA) is 110 Å². The quantitative estimate of drug-likeness (QED) is 0.446. The fourth-order valence-electron chi connectivity index (χ4n) is 1.70. The molecule has 1 aromatic carbocycles. The minimum Gasteiger partial charge on any atom is -0.478 e. The third-order valence-electron chi connectivity index (χ3n) is 3.26. The first-order valence-electron chi connectivity index (χ1n) is 6.82. The molecule has 0 amide bonds. The Balaban J connectivity index is 2.79. The molecular weight excluding hydrogens is 304 g/mol. The maximum Gasteiger partial charge on any atom is 0.341 e. The smallest absolute Gasteiger partial charge is 0.341 e. The maximum absolute atomic E-state index is 12.0. The number of aromatic carboxylic acids is 1. The number of hydrogen-bond donors (Lipinski definition) is 2. The van der Waals surface area contributed by atoms with Gasteiger partial charge in [0.1, 0.15) is 6.10 Å². The lowest BCUT2D eigenvalue weighted by Gasteiger charge is -2.24. The van der Waals surface area contributed by atoms with E-state index >= 15 is 0 Å². The Kier molecular flexibility index (Phi) is 6.47. The van der Waals surface area contributed by atoms with E-state index in [1.54, 1.807) is 0 Å². The lowest BCUT2D eigenvalue weighted by atomic mass is 10.1. The second-order valence-electron chi connectivity index (χ2n) is 4.85. The number of aliphatic hydroxyl groups excluding tert-OH is 1. The Morgan fingerprint density at radius 2 is 1.70 bits per heavy atom. The van der Waals surface area contributed by atoms with Gasteiger partial charge in [0.25, 0.3) is 0 Å². The summed E-state index contributed by atoms with van der Waals surface area (Å²) >= 11 is 0. The lowest BCUT2D eigenvalue weighted by molar-refractivity contribution is -0.156. The van der Waals surface area contributed by atoms with Crippen LogP contribution in [0, 0.1) is 5.92 Å². The van der Waals surface area contributed by atoms with Crippen LogP contribution in [0.25, 0.3) is 0 Å². The molecule has 0 aliphatic carbocycles. The molecule has 124 valence electrons. The van der Waals surface area contributed by atoms with Gasteiger partial charge >= 0.3 is 17.9 Å². The maximum atomic E-state index is 12.0. The van der Waals surface area contributed by atoms with E-state index in [4.69, 9.17) is 14.6 Å². The monoisotopic (exact) mass is 322 g/mol. The van der Waals surface area contributed by atoms with Gasteiger partial charge in [-0.25, -0.2) is 14.4 Å². The highest BCUT2D eigenvalue weighted by Gasteiger charge is 2.28. The van der Waals surface area contributed by atoms with E-state index in [1.165, 1.54) is 38.1 Å². The van der Waals surface area contributed by atoms with E-state index in [9.17, 15) is 19.5 Å². The summed E-state index contributed by atoms with van der Waals surface area (Å²) in [5, 5.41) is 19.0. The first-order chi connectivity index (χ1) is 10.8. The number of carboxylic acid groups (broad SMARTS) is 1. The average Bonchev–Trinajstić information content (AvgIpc) is 2.53. The van der Waals surface area contributed by atoms with Crippen molar-refractivity contribution in [2.75, 3.05) is 0 Å². The number of esters is 2. The van der Waals surface area contributed by atoms with Crippen LogP contribution >= 0.6 is 0 Å². The summed E-state index contributed by atoms with van der Waals surface area (Å²) in [5.74, 6) is -3.66. The molecule has 0 aromatic heterocycles. The molecule has 2 N–H and O–H groups in total. The Bertz CT molecular complexity index is 608. The van der Waals surface area contributed by atoms with Crippen molar-refractivity contribution in [1.82, 2.24) is 0 Å². The zero-order chi connectivity index (χ0) is 17.6. The molecule has 1 aromatic rings. The zero-order valence-electron chi connectivity index (χ0n) is 12.8. The van der Waals surface area contributed by atoms with Gasteiger partial charge in [0, 0.05) is 6.08 Å². The highest BCUT2D eigenvalue weighted by molar-refractivity contribution is 6.02. The minimum atomic E-state index is -1.57. The molecule has 0 aliphatic heterocycles. The third kappa shape index (κ3) is 4.93. The SMILES string of the molecule is C=CC(=O)OC(C)C(C)C(O)OC(=O)c1ccccc1C(=O)O. The summed E-state index contributed by atoms with van der Waals surface area (Å²) in [7, 11) is 0. The molecule has 0 aliphatic rings. The van der Waals surface area contributed by atoms with Crippen LogP contribution in [0.2, 0.25) is 0 Å². The van der Waals surface area contributed by atoms with Crippen LogP contribution in [0.3, 0.4) is 0 Å². The van der Waals surface area contributed by atoms with E-state index in [0.29, 0.717) is 0 Å². The first-order valence-corrected chi connectivity index (χ1v) is 6.82. The number of ether oxygens (including phenoxy) is 2. The number of aliphatic hydroxyl groups is 1. The molecule has 1 rings (SSSR count). The fourth-order valence-corrected chi connectivity index (χ4v) is 1.70. The van der Waals surface area contributed by atoms with Crippen LogP contribution in [0.1, 0.15) is 34.6 Å².